The van der Waals surface area contributed by atoms with Crippen molar-refractivity contribution in [3.63, 3.8) is 0 Å². The molecule has 168 valence electrons. The fraction of sp³-hybridized carbons (Fsp3) is 0.208. The quantitative estimate of drug-likeness (QED) is 0.480. The molecule has 3 heterocycles. The van der Waals surface area contributed by atoms with Gasteiger partial charge in [0.05, 0.1) is 23.3 Å². The van der Waals surface area contributed by atoms with Gasteiger partial charge < -0.3 is 15.8 Å². The van der Waals surface area contributed by atoms with E-state index < -0.39 is 11.7 Å². The van der Waals surface area contributed by atoms with E-state index in [1.54, 1.807) is 16.7 Å². The van der Waals surface area contributed by atoms with Crippen molar-refractivity contribution < 1.29 is 18.3 Å². The maximum atomic E-state index is 14.3. The smallest absolute Gasteiger partial charge is 0.249 e. The van der Waals surface area contributed by atoms with Crippen LogP contribution in [0.3, 0.4) is 0 Å². The molecule has 0 saturated carbocycles. The Bertz CT molecular complexity index is 1400. The number of nitrogens with two attached hydrogens (primary N) is 1. The molecule has 0 atom stereocenters. The molecule has 33 heavy (non-hydrogen) atoms. The van der Waals surface area contributed by atoms with Crippen molar-refractivity contribution >= 4 is 22.6 Å². The Morgan fingerprint density at radius 2 is 2.03 bits per heavy atom. The van der Waals surface area contributed by atoms with E-state index in [0.717, 1.165) is 30.0 Å². The molecular weight excluding hydrogens is 428 g/mol. The molecule has 0 bridgehead atoms. The van der Waals surface area contributed by atoms with Crippen molar-refractivity contribution in [3.05, 3.63) is 76.5 Å². The maximum Gasteiger partial charge on any atom is 0.249 e. The highest BCUT2D eigenvalue weighted by Crippen LogP contribution is 2.32. The van der Waals surface area contributed by atoms with Gasteiger partial charge in [-0.15, -0.1) is 0 Å². The molecule has 0 saturated heterocycles. The van der Waals surface area contributed by atoms with E-state index in [4.69, 9.17) is 15.5 Å². The first-order valence-corrected chi connectivity index (χ1v) is 10.5. The normalized spacial score (nSPS) is 12.9. The lowest BCUT2D eigenvalue weighted by molar-refractivity contribution is 0.100. The Labute approximate surface area is 188 Å². The fourth-order valence-electron chi connectivity index (χ4n) is 4.17. The third-order valence-electron chi connectivity index (χ3n) is 5.65. The van der Waals surface area contributed by atoms with Gasteiger partial charge in [-0.2, -0.15) is 9.97 Å². The highest BCUT2D eigenvalue weighted by molar-refractivity contribution is 6.06. The Kier molecular flexibility index (Phi) is 5.16. The van der Waals surface area contributed by atoms with Gasteiger partial charge in [0.25, 0.3) is 0 Å². The van der Waals surface area contributed by atoms with E-state index in [1.165, 1.54) is 18.2 Å². The number of primary amides is 1. The lowest BCUT2D eigenvalue weighted by Gasteiger charge is -2.21. The molecule has 1 aliphatic heterocycles. The van der Waals surface area contributed by atoms with Crippen LogP contribution in [0, 0.1) is 18.6 Å². The lowest BCUT2D eigenvalue weighted by Crippen LogP contribution is -2.17. The minimum Gasteiger partial charge on any atom is -0.477 e. The Hall–Kier alpha value is -4.01. The van der Waals surface area contributed by atoms with Crippen molar-refractivity contribution in [1.82, 2.24) is 14.5 Å². The summed E-state index contributed by atoms with van der Waals surface area (Å²) in [4.78, 5) is 21.2. The van der Waals surface area contributed by atoms with Crippen molar-refractivity contribution in [3.8, 4) is 11.8 Å². The number of hydrogen-bond donors (Lipinski definition) is 2. The second kappa shape index (κ2) is 8.16. The Morgan fingerprint density at radius 3 is 2.82 bits per heavy atom. The number of halogens is 2. The third kappa shape index (κ3) is 3.86. The van der Waals surface area contributed by atoms with Gasteiger partial charge in [-0.05, 0) is 55.7 Å². The number of carbonyl (C=O) groups excluding carboxylic acids is 1. The van der Waals surface area contributed by atoms with E-state index in [9.17, 15) is 13.6 Å². The summed E-state index contributed by atoms with van der Waals surface area (Å²) in [5.74, 6) is -0.346. The van der Waals surface area contributed by atoms with E-state index in [0.29, 0.717) is 41.4 Å². The van der Waals surface area contributed by atoms with Crippen molar-refractivity contribution in [2.45, 2.75) is 26.3 Å². The molecule has 7 nitrogen and oxygen atoms in total. The molecule has 5 rings (SSSR count). The van der Waals surface area contributed by atoms with Crippen molar-refractivity contribution in [2.24, 2.45) is 5.73 Å². The second-order valence-corrected chi connectivity index (χ2v) is 7.96. The van der Waals surface area contributed by atoms with Gasteiger partial charge in [-0.1, -0.05) is 12.1 Å². The minimum atomic E-state index is -0.719. The molecule has 0 radical (unpaired) electrons. The lowest BCUT2D eigenvalue weighted by atomic mass is 10.1. The van der Waals surface area contributed by atoms with Crippen LogP contribution >= 0.6 is 0 Å². The van der Waals surface area contributed by atoms with Gasteiger partial charge in [0, 0.05) is 17.6 Å². The molecule has 1 aliphatic rings. The third-order valence-corrected chi connectivity index (χ3v) is 5.65. The zero-order chi connectivity index (χ0) is 23.1. The Morgan fingerprint density at radius 1 is 1.18 bits per heavy atom. The average Bonchev–Trinajstić information content (AvgIpc) is 3.12. The molecule has 0 fully saturated rings. The standard InChI is InChI=1S/C24H21F2N5O2/c1-13-8-18-19(21(27)32)10-16(26)11-20(18)31(13)24-29-22(17-6-3-7-33-23(17)30-24)28-12-14-4-2-5-15(25)9-14/h2,4-5,8-11H,3,6-7,12H2,1H3,(H2,27,32)(H,28,29,30). The number of fused-ring (bicyclic) bond motifs is 2. The fourth-order valence-corrected chi connectivity index (χ4v) is 4.17. The van der Waals surface area contributed by atoms with E-state index in [-0.39, 0.29) is 17.3 Å². The predicted octanol–water partition coefficient (Wildman–Crippen LogP) is 4.04. The molecular formula is C24H21F2N5O2. The van der Waals surface area contributed by atoms with Crippen LogP contribution in [0.4, 0.5) is 14.6 Å². The molecule has 2 aromatic carbocycles. The number of aromatic nitrogens is 3. The number of nitrogens with zero attached hydrogens (tertiary/aromatic N) is 3. The van der Waals surface area contributed by atoms with E-state index in [1.807, 2.05) is 13.0 Å². The van der Waals surface area contributed by atoms with Gasteiger partial charge in [-0.25, -0.2) is 8.78 Å². The summed E-state index contributed by atoms with van der Waals surface area (Å²) in [5.41, 5.74) is 8.27. The SMILES string of the molecule is Cc1cc2c(C(N)=O)cc(F)cc2n1-c1nc(NCc2cccc(F)c2)c2c(n1)OCCC2. The van der Waals surface area contributed by atoms with Gasteiger partial charge in [0.1, 0.15) is 17.5 Å². The number of rotatable bonds is 5. The number of anilines is 1. The molecule has 3 N–H and O–H groups in total. The second-order valence-electron chi connectivity index (χ2n) is 7.96. The molecule has 0 unspecified atom stereocenters. The summed E-state index contributed by atoms with van der Waals surface area (Å²) in [5, 5.41) is 3.78. The van der Waals surface area contributed by atoms with E-state index in [2.05, 4.69) is 10.3 Å². The zero-order valence-electron chi connectivity index (χ0n) is 17.9. The van der Waals surface area contributed by atoms with Gasteiger partial charge in [0.2, 0.25) is 17.7 Å². The summed E-state index contributed by atoms with van der Waals surface area (Å²) < 4.78 is 35.4. The van der Waals surface area contributed by atoms with E-state index >= 15 is 0 Å². The highest BCUT2D eigenvalue weighted by Gasteiger charge is 2.23. The number of nitrogens with one attached hydrogen (secondary N) is 1. The number of amides is 1. The number of carbonyl (C=O) groups is 1. The van der Waals surface area contributed by atoms with Crippen LogP contribution in [0.25, 0.3) is 16.9 Å². The van der Waals surface area contributed by atoms with Crippen LogP contribution in [-0.2, 0) is 13.0 Å². The molecule has 0 aliphatic carbocycles. The Balaban J connectivity index is 1.63. The predicted molar refractivity (Wildman–Crippen MR) is 120 cm³/mol. The molecule has 4 aromatic rings. The van der Waals surface area contributed by atoms with Crippen LogP contribution in [0.15, 0.2) is 42.5 Å². The average molecular weight is 449 g/mol. The summed E-state index contributed by atoms with van der Waals surface area (Å²) in [6, 6.07) is 10.5. The summed E-state index contributed by atoms with van der Waals surface area (Å²) in [6.07, 6.45) is 1.55. The number of ether oxygens (including phenoxy) is 1. The number of hydrogen-bond acceptors (Lipinski definition) is 5. The largest absolute Gasteiger partial charge is 0.477 e. The van der Waals surface area contributed by atoms with Crippen LogP contribution in [0.5, 0.6) is 5.88 Å². The summed E-state index contributed by atoms with van der Waals surface area (Å²) >= 11 is 0. The van der Waals surface area contributed by atoms with Crippen LogP contribution in [0.2, 0.25) is 0 Å². The monoisotopic (exact) mass is 449 g/mol. The maximum absolute atomic E-state index is 14.3. The number of benzene rings is 2. The van der Waals surface area contributed by atoms with Gasteiger partial charge in [0.15, 0.2) is 0 Å². The minimum absolute atomic E-state index is 0.0884. The number of aryl methyl sites for hydroxylation is 1. The first-order chi connectivity index (χ1) is 15.9. The first kappa shape index (κ1) is 20.9. The summed E-state index contributed by atoms with van der Waals surface area (Å²) in [6.45, 7) is 2.69. The van der Waals surface area contributed by atoms with Crippen LogP contribution in [-0.4, -0.2) is 27.0 Å². The first-order valence-electron chi connectivity index (χ1n) is 10.5. The molecule has 1 amide bonds. The topological polar surface area (TPSA) is 95.1 Å². The summed E-state index contributed by atoms with van der Waals surface area (Å²) in [7, 11) is 0. The van der Waals surface area contributed by atoms with Crippen molar-refractivity contribution in [2.75, 3.05) is 11.9 Å². The van der Waals surface area contributed by atoms with Crippen LogP contribution in [0.1, 0.15) is 33.6 Å². The molecule has 0 spiro atoms. The molecule has 2 aromatic heterocycles. The van der Waals surface area contributed by atoms with Crippen LogP contribution < -0.4 is 15.8 Å². The van der Waals surface area contributed by atoms with Gasteiger partial charge >= 0.3 is 0 Å². The van der Waals surface area contributed by atoms with Gasteiger partial charge in [-0.3, -0.25) is 9.36 Å². The zero-order valence-corrected chi connectivity index (χ0v) is 17.9. The molecule has 9 heteroatoms. The highest BCUT2D eigenvalue weighted by atomic mass is 19.1. The van der Waals surface area contributed by atoms with Crippen molar-refractivity contribution in [1.29, 1.82) is 0 Å².